The molecule has 0 aliphatic carbocycles. The molecule has 116 valence electrons. The summed E-state index contributed by atoms with van der Waals surface area (Å²) in [7, 11) is -3.11. The molecule has 1 aliphatic heterocycles. The lowest BCUT2D eigenvalue weighted by molar-refractivity contribution is -0.147. The van der Waals surface area contributed by atoms with Gasteiger partial charge in [-0.3, -0.25) is 0 Å². The lowest BCUT2D eigenvalue weighted by atomic mass is 10.0. The fourth-order valence-electron chi connectivity index (χ4n) is 2.32. The zero-order chi connectivity index (χ0) is 15.7. The van der Waals surface area contributed by atoms with Crippen LogP contribution in [0.2, 0.25) is 0 Å². The first-order chi connectivity index (χ1) is 9.03. The van der Waals surface area contributed by atoms with Crippen molar-refractivity contribution in [1.82, 2.24) is 9.80 Å². The Morgan fingerprint density at radius 1 is 1.40 bits per heavy atom. The van der Waals surface area contributed by atoms with Gasteiger partial charge in [-0.2, -0.15) is 0 Å². The molecule has 0 aromatic heterocycles. The highest BCUT2D eigenvalue weighted by Gasteiger charge is 2.41. The molecule has 8 heteroatoms. The number of urea groups is 1. The van der Waals surface area contributed by atoms with E-state index >= 15 is 0 Å². The molecule has 20 heavy (non-hydrogen) atoms. The summed E-state index contributed by atoms with van der Waals surface area (Å²) in [6.45, 7) is 6.64. The lowest BCUT2D eigenvalue weighted by Gasteiger charge is -2.41. The maximum absolute atomic E-state index is 12.5. The highest BCUT2D eigenvalue weighted by atomic mass is 32.2. The normalized spacial score (nSPS) is 22.4. The number of sulfone groups is 1. The molecule has 0 spiro atoms. The Hall–Kier alpha value is -1.31. The summed E-state index contributed by atoms with van der Waals surface area (Å²) in [4.78, 5) is 26.5. The Balaban J connectivity index is 2.96. The summed E-state index contributed by atoms with van der Waals surface area (Å²) >= 11 is 0. The standard InChI is InChI=1S/C12H22N2O5S/c1-5-14(12(3,4)10(15)16)11(17)13-6-7-20(18,19)8-9(13)2/h9H,5-8H2,1-4H3,(H,15,16). The molecule has 1 rings (SSSR count). The van der Waals surface area contributed by atoms with Gasteiger partial charge in [-0.25, -0.2) is 18.0 Å². The molecule has 1 saturated heterocycles. The molecule has 1 unspecified atom stereocenters. The van der Waals surface area contributed by atoms with Gasteiger partial charge in [0.05, 0.1) is 11.5 Å². The smallest absolute Gasteiger partial charge is 0.329 e. The average Bonchev–Trinajstić information content (AvgIpc) is 2.27. The van der Waals surface area contributed by atoms with Crippen molar-refractivity contribution in [2.24, 2.45) is 0 Å². The first-order valence-electron chi connectivity index (χ1n) is 6.55. The maximum Gasteiger partial charge on any atom is 0.329 e. The lowest BCUT2D eigenvalue weighted by Crippen LogP contribution is -2.61. The predicted molar refractivity (Wildman–Crippen MR) is 74.3 cm³/mol. The van der Waals surface area contributed by atoms with Crippen LogP contribution in [0.25, 0.3) is 0 Å². The van der Waals surface area contributed by atoms with Crippen LogP contribution in [0, 0.1) is 0 Å². The third-order valence-electron chi connectivity index (χ3n) is 3.66. The van der Waals surface area contributed by atoms with Crippen molar-refractivity contribution < 1.29 is 23.1 Å². The molecule has 1 aliphatic rings. The van der Waals surface area contributed by atoms with E-state index in [2.05, 4.69) is 0 Å². The Labute approximate surface area is 119 Å². The van der Waals surface area contributed by atoms with E-state index in [1.165, 1.54) is 23.6 Å². The minimum Gasteiger partial charge on any atom is -0.480 e. The molecule has 0 radical (unpaired) electrons. The van der Waals surface area contributed by atoms with Crippen LogP contribution in [0.1, 0.15) is 27.7 Å². The average molecular weight is 306 g/mol. The molecule has 1 atom stereocenters. The van der Waals surface area contributed by atoms with Crippen molar-refractivity contribution in [1.29, 1.82) is 0 Å². The van der Waals surface area contributed by atoms with Gasteiger partial charge in [0.15, 0.2) is 9.84 Å². The van der Waals surface area contributed by atoms with Crippen LogP contribution in [-0.2, 0) is 14.6 Å². The zero-order valence-corrected chi connectivity index (χ0v) is 13.1. The van der Waals surface area contributed by atoms with Gasteiger partial charge in [0.2, 0.25) is 0 Å². The molecular formula is C12H22N2O5S. The second-order valence-electron chi connectivity index (χ2n) is 5.55. The second kappa shape index (κ2) is 5.59. The van der Waals surface area contributed by atoms with E-state index in [9.17, 15) is 23.1 Å². The zero-order valence-electron chi connectivity index (χ0n) is 12.3. The van der Waals surface area contributed by atoms with Crippen LogP contribution < -0.4 is 0 Å². The fraction of sp³-hybridized carbons (Fsp3) is 0.833. The molecule has 0 saturated carbocycles. The van der Waals surface area contributed by atoms with Gasteiger partial charge in [0, 0.05) is 19.1 Å². The van der Waals surface area contributed by atoms with E-state index in [-0.39, 0.29) is 24.6 Å². The molecule has 1 N–H and O–H groups in total. The number of nitrogens with zero attached hydrogens (tertiary/aromatic N) is 2. The Morgan fingerprint density at radius 3 is 2.35 bits per heavy atom. The number of aliphatic carboxylic acids is 1. The van der Waals surface area contributed by atoms with Crippen LogP contribution >= 0.6 is 0 Å². The van der Waals surface area contributed by atoms with E-state index in [4.69, 9.17) is 0 Å². The summed E-state index contributed by atoms with van der Waals surface area (Å²) < 4.78 is 23.1. The van der Waals surface area contributed by atoms with Crippen LogP contribution in [0.4, 0.5) is 4.79 Å². The number of hydrogen-bond acceptors (Lipinski definition) is 4. The summed E-state index contributed by atoms with van der Waals surface area (Å²) in [5.74, 6) is -1.25. The summed E-state index contributed by atoms with van der Waals surface area (Å²) in [6, 6.07) is -0.873. The number of carbonyl (C=O) groups is 2. The Kier molecular flexibility index (Phi) is 4.68. The monoisotopic (exact) mass is 306 g/mol. The van der Waals surface area contributed by atoms with Crippen LogP contribution in [0.5, 0.6) is 0 Å². The molecule has 1 fully saturated rings. The van der Waals surface area contributed by atoms with Gasteiger partial charge < -0.3 is 14.9 Å². The van der Waals surface area contributed by atoms with Gasteiger partial charge >= 0.3 is 12.0 Å². The highest BCUT2D eigenvalue weighted by molar-refractivity contribution is 7.91. The number of likely N-dealkylation sites (N-methyl/N-ethyl adjacent to an activating group) is 1. The fourth-order valence-corrected chi connectivity index (χ4v) is 3.88. The number of carboxylic acid groups (broad SMARTS) is 1. The first kappa shape index (κ1) is 16.7. The van der Waals surface area contributed by atoms with Gasteiger partial charge in [-0.1, -0.05) is 0 Å². The quantitative estimate of drug-likeness (QED) is 0.815. The Morgan fingerprint density at radius 2 is 1.95 bits per heavy atom. The SMILES string of the molecule is CCN(C(=O)N1CCS(=O)(=O)CC1C)C(C)(C)C(=O)O. The number of hydrogen-bond donors (Lipinski definition) is 1. The molecular weight excluding hydrogens is 284 g/mol. The van der Waals surface area contributed by atoms with Crippen molar-refractivity contribution in [2.75, 3.05) is 24.6 Å². The minimum absolute atomic E-state index is 0.0753. The van der Waals surface area contributed by atoms with Gasteiger partial charge in [0.1, 0.15) is 5.54 Å². The van der Waals surface area contributed by atoms with E-state index in [1.54, 1.807) is 13.8 Å². The van der Waals surface area contributed by atoms with Gasteiger partial charge in [0.25, 0.3) is 0 Å². The minimum atomic E-state index is -3.11. The number of amides is 2. The molecule has 7 nitrogen and oxygen atoms in total. The molecule has 0 aromatic rings. The van der Waals surface area contributed by atoms with Crippen LogP contribution in [0.15, 0.2) is 0 Å². The van der Waals surface area contributed by atoms with Crippen LogP contribution in [0.3, 0.4) is 0 Å². The van der Waals surface area contributed by atoms with E-state index in [0.717, 1.165) is 0 Å². The van der Waals surface area contributed by atoms with Gasteiger partial charge in [-0.05, 0) is 27.7 Å². The van der Waals surface area contributed by atoms with Crippen molar-refractivity contribution in [3.8, 4) is 0 Å². The van der Waals surface area contributed by atoms with Crippen LogP contribution in [-0.4, -0.2) is 71.5 Å². The molecule has 0 aromatic carbocycles. The van der Waals surface area contributed by atoms with E-state index in [0.29, 0.717) is 0 Å². The van der Waals surface area contributed by atoms with Crippen molar-refractivity contribution in [3.63, 3.8) is 0 Å². The molecule has 2 amide bonds. The number of carboxylic acids is 1. The molecule has 0 bridgehead atoms. The highest BCUT2D eigenvalue weighted by Crippen LogP contribution is 2.20. The summed E-state index contributed by atoms with van der Waals surface area (Å²) in [6.07, 6.45) is 0. The first-order valence-corrected chi connectivity index (χ1v) is 8.37. The predicted octanol–water partition coefficient (Wildman–Crippen LogP) is 0.410. The second-order valence-corrected chi connectivity index (χ2v) is 7.78. The summed E-state index contributed by atoms with van der Waals surface area (Å²) in [5.41, 5.74) is -1.33. The topological polar surface area (TPSA) is 95.0 Å². The summed E-state index contributed by atoms with van der Waals surface area (Å²) in [5, 5.41) is 9.23. The third kappa shape index (κ3) is 3.23. The number of rotatable bonds is 3. The maximum atomic E-state index is 12.5. The Bertz CT molecular complexity index is 500. The largest absolute Gasteiger partial charge is 0.480 e. The number of carbonyl (C=O) groups excluding carboxylic acids is 1. The van der Waals surface area contributed by atoms with Crippen molar-refractivity contribution in [3.05, 3.63) is 0 Å². The van der Waals surface area contributed by atoms with Gasteiger partial charge in [-0.15, -0.1) is 0 Å². The third-order valence-corrected chi connectivity index (χ3v) is 5.46. The van der Waals surface area contributed by atoms with Crippen molar-refractivity contribution in [2.45, 2.75) is 39.3 Å². The van der Waals surface area contributed by atoms with E-state index < -0.39 is 33.4 Å². The van der Waals surface area contributed by atoms with Crippen molar-refractivity contribution >= 4 is 21.8 Å². The molecule has 1 heterocycles. The van der Waals surface area contributed by atoms with E-state index in [1.807, 2.05) is 0 Å².